The summed E-state index contributed by atoms with van der Waals surface area (Å²) in [6.45, 7) is 1.68. The first-order chi connectivity index (χ1) is 7.47. The van der Waals surface area contributed by atoms with Crippen LogP contribution in [-0.4, -0.2) is 17.5 Å². The van der Waals surface area contributed by atoms with Gasteiger partial charge in [0.2, 0.25) is 5.82 Å². The summed E-state index contributed by atoms with van der Waals surface area (Å²) >= 11 is 0. The number of hydrogen-bond acceptors (Lipinski definition) is 5. The van der Waals surface area contributed by atoms with Gasteiger partial charge in [-0.3, -0.25) is 10.1 Å². The summed E-state index contributed by atoms with van der Waals surface area (Å²) in [4.78, 5) is 20.8. The lowest BCUT2D eigenvalue weighted by Crippen LogP contribution is -2.09. The van der Waals surface area contributed by atoms with Crippen molar-refractivity contribution in [3.05, 3.63) is 33.6 Å². The molecule has 0 atom stereocenters. The molecule has 7 heteroatoms. The van der Waals surface area contributed by atoms with E-state index in [2.05, 4.69) is 4.74 Å². The number of ether oxygens (including phenoxy) is 1. The van der Waals surface area contributed by atoms with Gasteiger partial charge < -0.3 is 10.5 Å². The van der Waals surface area contributed by atoms with Crippen LogP contribution in [0.1, 0.15) is 17.3 Å². The van der Waals surface area contributed by atoms with Crippen molar-refractivity contribution in [2.75, 3.05) is 12.3 Å². The van der Waals surface area contributed by atoms with Crippen LogP contribution in [-0.2, 0) is 4.74 Å². The largest absolute Gasteiger partial charge is 0.462 e. The SMILES string of the molecule is CCOC(=O)c1cc([N+](=O)[O-])c(F)cc1N. The first-order valence-corrected chi connectivity index (χ1v) is 4.38. The third-order valence-corrected chi connectivity index (χ3v) is 1.81. The fourth-order valence-corrected chi connectivity index (χ4v) is 1.10. The number of nitro groups is 1. The lowest BCUT2D eigenvalue weighted by atomic mass is 10.1. The van der Waals surface area contributed by atoms with Crippen LogP contribution < -0.4 is 5.73 Å². The second-order valence-corrected chi connectivity index (χ2v) is 2.87. The molecule has 0 heterocycles. The van der Waals surface area contributed by atoms with E-state index >= 15 is 0 Å². The third kappa shape index (κ3) is 2.25. The second-order valence-electron chi connectivity index (χ2n) is 2.87. The Morgan fingerprint density at radius 3 is 2.75 bits per heavy atom. The van der Waals surface area contributed by atoms with Crippen molar-refractivity contribution in [2.45, 2.75) is 6.92 Å². The Balaban J connectivity index is 3.24. The molecule has 0 aliphatic rings. The van der Waals surface area contributed by atoms with Gasteiger partial charge in [0.05, 0.1) is 17.1 Å². The lowest BCUT2D eigenvalue weighted by Gasteiger charge is -2.05. The number of halogens is 1. The van der Waals surface area contributed by atoms with E-state index in [1.54, 1.807) is 6.92 Å². The van der Waals surface area contributed by atoms with Crippen molar-refractivity contribution >= 4 is 17.3 Å². The Hall–Kier alpha value is -2.18. The van der Waals surface area contributed by atoms with Gasteiger partial charge in [0.15, 0.2) is 0 Å². The van der Waals surface area contributed by atoms with Gasteiger partial charge in [0.1, 0.15) is 0 Å². The number of carbonyl (C=O) groups excluding carboxylic acids is 1. The van der Waals surface area contributed by atoms with Gasteiger partial charge >= 0.3 is 11.7 Å². The molecule has 1 aromatic rings. The summed E-state index contributed by atoms with van der Waals surface area (Å²) < 4.78 is 17.7. The molecule has 0 aliphatic carbocycles. The van der Waals surface area contributed by atoms with E-state index in [1.165, 1.54) is 0 Å². The van der Waals surface area contributed by atoms with Gasteiger partial charge in [0.25, 0.3) is 0 Å². The van der Waals surface area contributed by atoms with Crippen molar-refractivity contribution in [3.63, 3.8) is 0 Å². The summed E-state index contributed by atoms with van der Waals surface area (Å²) in [5.41, 5.74) is 4.14. The maximum atomic E-state index is 13.1. The molecule has 0 saturated carbocycles. The molecule has 0 spiro atoms. The van der Waals surface area contributed by atoms with Crippen LogP contribution in [0.2, 0.25) is 0 Å². The normalized spacial score (nSPS) is 9.88. The molecule has 16 heavy (non-hydrogen) atoms. The van der Waals surface area contributed by atoms with E-state index in [4.69, 9.17) is 5.73 Å². The maximum Gasteiger partial charge on any atom is 0.340 e. The molecule has 0 aromatic heterocycles. The van der Waals surface area contributed by atoms with Gasteiger partial charge in [-0.1, -0.05) is 0 Å². The number of hydrogen-bond donors (Lipinski definition) is 1. The van der Waals surface area contributed by atoms with Crippen molar-refractivity contribution in [3.8, 4) is 0 Å². The highest BCUT2D eigenvalue weighted by Gasteiger charge is 2.21. The molecule has 0 fully saturated rings. The van der Waals surface area contributed by atoms with Crippen LogP contribution in [0, 0.1) is 15.9 Å². The number of rotatable bonds is 3. The highest BCUT2D eigenvalue weighted by molar-refractivity contribution is 5.95. The van der Waals surface area contributed by atoms with Crippen LogP contribution in [0.25, 0.3) is 0 Å². The Kier molecular flexibility index (Phi) is 3.39. The first-order valence-electron chi connectivity index (χ1n) is 4.38. The molecule has 0 bridgehead atoms. The lowest BCUT2D eigenvalue weighted by molar-refractivity contribution is -0.387. The zero-order valence-corrected chi connectivity index (χ0v) is 8.40. The average Bonchev–Trinajstić information content (AvgIpc) is 2.17. The smallest absolute Gasteiger partial charge is 0.340 e. The van der Waals surface area contributed by atoms with E-state index in [0.717, 1.165) is 12.1 Å². The summed E-state index contributed by atoms with van der Waals surface area (Å²) in [6, 6.07) is 1.49. The van der Waals surface area contributed by atoms with E-state index in [1.807, 2.05) is 0 Å². The first kappa shape index (κ1) is 11.9. The molecule has 2 N–H and O–H groups in total. The van der Waals surface area contributed by atoms with Gasteiger partial charge in [0, 0.05) is 17.8 Å². The Labute approximate surface area is 90.0 Å². The highest BCUT2D eigenvalue weighted by Crippen LogP contribution is 2.24. The minimum atomic E-state index is -1.09. The molecule has 0 amide bonds. The summed E-state index contributed by atoms with van der Waals surface area (Å²) in [5, 5.41) is 10.4. The number of nitro benzene ring substituents is 1. The molecule has 86 valence electrons. The Morgan fingerprint density at radius 2 is 2.25 bits per heavy atom. The number of carbonyl (C=O) groups is 1. The molecular weight excluding hydrogens is 219 g/mol. The van der Waals surface area contributed by atoms with Crippen LogP contribution >= 0.6 is 0 Å². The molecule has 0 saturated heterocycles. The summed E-state index contributed by atoms with van der Waals surface area (Å²) in [5.74, 6) is -1.90. The average molecular weight is 228 g/mol. The fourth-order valence-electron chi connectivity index (χ4n) is 1.10. The van der Waals surface area contributed by atoms with Crippen LogP contribution in [0.15, 0.2) is 12.1 Å². The zero-order valence-electron chi connectivity index (χ0n) is 8.40. The van der Waals surface area contributed by atoms with E-state index in [0.29, 0.717) is 0 Å². The predicted octanol–water partition coefficient (Wildman–Crippen LogP) is 1.49. The number of benzene rings is 1. The molecule has 1 aromatic carbocycles. The molecule has 0 unspecified atom stereocenters. The number of esters is 1. The second kappa shape index (κ2) is 4.56. The quantitative estimate of drug-likeness (QED) is 0.366. The summed E-state index contributed by atoms with van der Waals surface area (Å²) in [7, 11) is 0. The van der Waals surface area contributed by atoms with Crippen LogP contribution in [0.4, 0.5) is 15.8 Å². The standard InChI is InChI=1S/C9H9FN2O4/c1-2-16-9(13)5-3-8(12(14)15)6(10)4-7(5)11/h3-4H,2,11H2,1H3. The van der Waals surface area contributed by atoms with E-state index < -0.39 is 22.4 Å². The van der Waals surface area contributed by atoms with Crippen molar-refractivity contribution in [1.82, 2.24) is 0 Å². The third-order valence-electron chi connectivity index (χ3n) is 1.81. The van der Waals surface area contributed by atoms with Gasteiger partial charge in [-0.15, -0.1) is 0 Å². The van der Waals surface area contributed by atoms with E-state index in [-0.39, 0.29) is 17.9 Å². The minimum Gasteiger partial charge on any atom is -0.462 e. The Morgan fingerprint density at radius 1 is 1.62 bits per heavy atom. The van der Waals surface area contributed by atoms with Gasteiger partial charge in [-0.2, -0.15) is 4.39 Å². The monoisotopic (exact) mass is 228 g/mol. The van der Waals surface area contributed by atoms with Gasteiger partial charge in [-0.25, -0.2) is 4.79 Å². The number of anilines is 1. The molecule has 6 nitrogen and oxygen atoms in total. The predicted molar refractivity (Wildman–Crippen MR) is 53.4 cm³/mol. The van der Waals surface area contributed by atoms with Crippen LogP contribution in [0.3, 0.4) is 0 Å². The Bertz CT molecular complexity index is 447. The molecule has 0 aliphatic heterocycles. The topological polar surface area (TPSA) is 95.5 Å². The fraction of sp³-hybridized carbons (Fsp3) is 0.222. The number of nitrogen functional groups attached to an aromatic ring is 1. The summed E-state index contributed by atoms with van der Waals surface area (Å²) in [6.07, 6.45) is 0. The van der Waals surface area contributed by atoms with Crippen molar-refractivity contribution in [2.24, 2.45) is 0 Å². The maximum absolute atomic E-state index is 13.1. The number of nitrogens with zero attached hydrogens (tertiary/aromatic N) is 1. The van der Waals surface area contributed by atoms with E-state index in [9.17, 15) is 19.3 Å². The molecule has 1 rings (SSSR count). The highest BCUT2D eigenvalue weighted by atomic mass is 19.1. The zero-order chi connectivity index (χ0) is 12.3. The minimum absolute atomic E-state index is 0.101. The van der Waals surface area contributed by atoms with Crippen molar-refractivity contribution < 1.29 is 18.8 Å². The van der Waals surface area contributed by atoms with Crippen LogP contribution in [0.5, 0.6) is 0 Å². The molecular formula is C9H9FN2O4. The van der Waals surface area contributed by atoms with Gasteiger partial charge in [-0.05, 0) is 6.92 Å². The molecule has 0 radical (unpaired) electrons. The number of nitrogens with two attached hydrogens (primary N) is 1. The van der Waals surface area contributed by atoms with Crippen molar-refractivity contribution in [1.29, 1.82) is 0 Å².